The number of aliphatic carboxylic acids is 1. The Morgan fingerprint density at radius 3 is 2.36 bits per heavy atom. The van der Waals surface area contributed by atoms with Crippen LogP contribution in [-0.2, 0) is 11.2 Å². The maximum Gasteiger partial charge on any atom is 0.323 e. The van der Waals surface area contributed by atoms with Gasteiger partial charge in [-0.2, -0.15) is 0 Å². The van der Waals surface area contributed by atoms with Crippen LogP contribution in [0.5, 0.6) is 5.75 Å². The van der Waals surface area contributed by atoms with Crippen molar-refractivity contribution >= 4 is 23.4 Å². The first kappa shape index (κ1) is 15.4. The lowest BCUT2D eigenvalue weighted by atomic mass is 10.1. The predicted molar refractivity (Wildman–Crippen MR) is 83.4 cm³/mol. The van der Waals surface area contributed by atoms with Gasteiger partial charge in [-0.05, 0) is 29.8 Å². The molecule has 2 rings (SSSR count). The van der Waals surface area contributed by atoms with Crippen molar-refractivity contribution in [3.05, 3.63) is 54.1 Å². The van der Waals surface area contributed by atoms with Gasteiger partial charge in [0.15, 0.2) is 0 Å². The number of amides is 2. The predicted octanol–water partition coefficient (Wildman–Crippen LogP) is 2.97. The molecular formula is C16H16N2O4. The monoisotopic (exact) mass is 300 g/mol. The van der Waals surface area contributed by atoms with Gasteiger partial charge in [-0.25, -0.2) is 4.79 Å². The number of rotatable bonds is 5. The van der Waals surface area contributed by atoms with Crippen molar-refractivity contribution in [2.75, 3.05) is 17.7 Å². The molecule has 0 saturated heterocycles. The topological polar surface area (TPSA) is 87.7 Å². The molecule has 0 aromatic heterocycles. The van der Waals surface area contributed by atoms with E-state index in [2.05, 4.69) is 10.6 Å². The number of carbonyl (C=O) groups excluding carboxylic acids is 1. The van der Waals surface area contributed by atoms with Crippen molar-refractivity contribution in [3.63, 3.8) is 0 Å². The molecule has 0 aliphatic rings. The smallest absolute Gasteiger partial charge is 0.323 e. The first-order chi connectivity index (χ1) is 10.6. The summed E-state index contributed by atoms with van der Waals surface area (Å²) >= 11 is 0. The highest BCUT2D eigenvalue weighted by atomic mass is 16.5. The van der Waals surface area contributed by atoms with Crippen LogP contribution in [0.2, 0.25) is 0 Å². The first-order valence-corrected chi connectivity index (χ1v) is 6.60. The van der Waals surface area contributed by atoms with E-state index in [0.717, 1.165) is 0 Å². The van der Waals surface area contributed by atoms with Crippen LogP contribution in [0.25, 0.3) is 0 Å². The SMILES string of the molecule is COc1ccccc1NC(=O)Nc1ccc(CC(=O)O)cc1. The maximum absolute atomic E-state index is 11.9. The summed E-state index contributed by atoms with van der Waals surface area (Å²) in [6, 6.07) is 13.3. The molecule has 0 spiro atoms. The third-order valence-electron chi connectivity index (χ3n) is 2.92. The van der Waals surface area contributed by atoms with Gasteiger partial charge in [-0.1, -0.05) is 24.3 Å². The number of anilines is 2. The highest BCUT2D eigenvalue weighted by Gasteiger charge is 2.07. The molecule has 3 N–H and O–H groups in total. The molecular weight excluding hydrogens is 284 g/mol. The zero-order chi connectivity index (χ0) is 15.9. The van der Waals surface area contributed by atoms with Crippen molar-refractivity contribution in [2.24, 2.45) is 0 Å². The van der Waals surface area contributed by atoms with E-state index in [1.54, 1.807) is 42.5 Å². The van der Waals surface area contributed by atoms with Gasteiger partial charge in [0.05, 0.1) is 19.2 Å². The minimum Gasteiger partial charge on any atom is -0.495 e. The van der Waals surface area contributed by atoms with Crippen molar-refractivity contribution in [2.45, 2.75) is 6.42 Å². The third kappa shape index (κ3) is 4.24. The first-order valence-electron chi connectivity index (χ1n) is 6.60. The van der Waals surface area contributed by atoms with E-state index in [0.29, 0.717) is 22.7 Å². The summed E-state index contributed by atoms with van der Waals surface area (Å²) in [5, 5.41) is 14.1. The summed E-state index contributed by atoms with van der Waals surface area (Å²) in [5.41, 5.74) is 1.80. The summed E-state index contributed by atoms with van der Waals surface area (Å²) in [6.07, 6.45) is -0.0479. The van der Waals surface area contributed by atoms with Gasteiger partial charge in [-0.15, -0.1) is 0 Å². The summed E-state index contributed by atoms with van der Waals surface area (Å²) in [4.78, 5) is 22.5. The average Bonchev–Trinajstić information content (AvgIpc) is 2.49. The van der Waals surface area contributed by atoms with Gasteiger partial charge in [0.1, 0.15) is 5.75 Å². The Morgan fingerprint density at radius 1 is 1.05 bits per heavy atom. The fraction of sp³-hybridized carbons (Fsp3) is 0.125. The second kappa shape index (κ2) is 7.12. The molecule has 0 aliphatic heterocycles. The van der Waals surface area contributed by atoms with Gasteiger partial charge in [0, 0.05) is 5.69 Å². The molecule has 2 amide bonds. The molecule has 6 heteroatoms. The van der Waals surface area contributed by atoms with Gasteiger partial charge in [-0.3, -0.25) is 4.79 Å². The second-order valence-corrected chi connectivity index (χ2v) is 4.55. The highest BCUT2D eigenvalue weighted by molar-refractivity contribution is 6.00. The molecule has 2 aromatic rings. The molecule has 2 aromatic carbocycles. The van der Waals surface area contributed by atoms with Crippen molar-refractivity contribution in [1.29, 1.82) is 0 Å². The van der Waals surface area contributed by atoms with E-state index in [1.165, 1.54) is 7.11 Å². The zero-order valence-corrected chi connectivity index (χ0v) is 12.0. The molecule has 6 nitrogen and oxygen atoms in total. The van der Waals surface area contributed by atoms with E-state index in [9.17, 15) is 9.59 Å². The molecule has 0 radical (unpaired) electrons. The number of hydrogen-bond acceptors (Lipinski definition) is 3. The summed E-state index contributed by atoms with van der Waals surface area (Å²) in [5.74, 6) is -0.330. The number of nitrogens with one attached hydrogen (secondary N) is 2. The Morgan fingerprint density at radius 2 is 1.73 bits per heavy atom. The van der Waals surface area contributed by atoms with Crippen LogP contribution in [0.1, 0.15) is 5.56 Å². The zero-order valence-electron chi connectivity index (χ0n) is 12.0. The Bertz CT molecular complexity index is 668. The van der Waals surface area contributed by atoms with Crippen LogP contribution in [0.15, 0.2) is 48.5 Å². The van der Waals surface area contributed by atoms with Crippen molar-refractivity contribution in [1.82, 2.24) is 0 Å². The number of carboxylic acids is 1. The van der Waals surface area contributed by atoms with E-state index >= 15 is 0 Å². The molecule has 0 aliphatic carbocycles. The molecule has 0 unspecified atom stereocenters. The Labute approximate surface area is 127 Å². The van der Waals surface area contributed by atoms with E-state index in [1.807, 2.05) is 6.07 Å². The van der Waals surface area contributed by atoms with E-state index < -0.39 is 12.0 Å². The largest absolute Gasteiger partial charge is 0.495 e. The average molecular weight is 300 g/mol. The van der Waals surface area contributed by atoms with Gasteiger partial charge in [0.25, 0.3) is 0 Å². The normalized spacial score (nSPS) is 9.86. The van der Waals surface area contributed by atoms with Crippen LogP contribution in [0.4, 0.5) is 16.2 Å². The van der Waals surface area contributed by atoms with Crippen LogP contribution in [0.3, 0.4) is 0 Å². The van der Waals surface area contributed by atoms with Gasteiger partial charge < -0.3 is 20.5 Å². The number of para-hydroxylation sites is 2. The lowest BCUT2D eigenvalue weighted by molar-refractivity contribution is -0.136. The van der Waals surface area contributed by atoms with E-state index in [4.69, 9.17) is 9.84 Å². The quantitative estimate of drug-likeness (QED) is 0.792. The fourth-order valence-electron chi connectivity index (χ4n) is 1.91. The standard InChI is InChI=1S/C16H16N2O4/c1-22-14-5-3-2-4-13(14)18-16(21)17-12-8-6-11(7-9-12)10-15(19)20/h2-9H,10H2,1H3,(H,19,20)(H2,17,18,21). The number of benzene rings is 2. The summed E-state index contributed by atoms with van der Waals surface area (Å²) in [7, 11) is 1.53. The molecule has 114 valence electrons. The molecule has 0 fully saturated rings. The molecule has 0 saturated carbocycles. The number of urea groups is 1. The maximum atomic E-state index is 11.9. The van der Waals surface area contributed by atoms with Gasteiger partial charge in [0.2, 0.25) is 0 Å². The van der Waals surface area contributed by atoms with Crippen LogP contribution in [-0.4, -0.2) is 24.2 Å². The number of carboxylic acid groups (broad SMARTS) is 1. The Kier molecular flexibility index (Phi) is 4.98. The molecule has 0 atom stereocenters. The van der Waals surface area contributed by atoms with Gasteiger partial charge >= 0.3 is 12.0 Å². The minimum atomic E-state index is -0.894. The summed E-state index contributed by atoms with van der Waals surface area (Å²) < 4.78 is 5.15. The number of carbonyl (C=O) groups is 2. The van der Waals surface area contributed by atoms with Crippen molar-refractivity contribution < 1.29 is 19.4 Å². The lowest BCUT2D eigenvalue weighted by Gasteiger charge is -2.11. The third-order valence-corrected chi connectivity index (χ3v) is 2.92. The highest BCUT2D eigenvalue weighted by Crippen LogP contribution is 2.23. The van der Waals surface area contributed by atoms with Crippen LogP contribution >= 0.6 is 0 Å². The molecule has 0 heterocycles. The minimum absolute atomic E-state index is 0.0479. The number of ether oxygens (including phenoxy) is 1. The molecule has 0 bridgehead atoms. The van der Waals surface area contributed by atoms with Crippen LogP contribution in [0, 0.1) is 0 Å². The summed E-state index contributed by atoms with van der Waals surface area (Å²) in [6.45, 7) is 0. The van der Waals surface area contributed by atoms with E-state index in [-0.39, 0.29) is 6.42 Å². The Hall–Kier alpha value is -3.02. The number of methoxy groups -OCH3 is 1. The molecule has 22 heavy (non-hydrogen) atoms. The fourth-order valence-corrected chi connectivity index (χ4v) is 1.91. The number of hydrogen-bond donors (Lipinski definition) is 3. The second-order valence-electron chi connectivity index (χ2n) is 4.55. The van der Waals surface area contributed by atoms with Crippen LogP contribution < -0.4 is 15.4 Å². The Balaban J connectivity index is 1.98. The lowest BCUT2D eigenvalue weighted by Crippen LogP contribution is -2.19. The van der Waals surface area contributed by atoms with Crippen molar-refractivity contribution in [3.8, 4) is 5.75 Å².